The molecule has 0 saturated carbocycles. The topological polar surface area (TPSA) is 53.8 Å². The summed E-state index contributed by atoms with van der Waals surface area (Å²) in [4.78, 5) is 29.1. The van der Waals surface area contributed by atoms with E-state index in [0.29, 0.717) is 29.1 Å². The standard InChI is InChI=1S/C21H19ClN2O3/c22-17-6-7-19-16(12-17)13-18(21(26)27-19)20(25)24-10-8-23(9-11-24)14-15-4-2-1-3-5-15/h1-7,12-13H,8-11,14H2. The van der Waals surface area contributed by atoms with Crippen LogP contribution in [0.4, 0.5) is 0 Å². The second-order valence-corrected chi connectivity index (χ2v) is 7.12. The number of amides is 1. The van der Waals surface area contributed by atoms with Crippen molar-refractivity contribution in [3.63, 3.8) is 0 Å². The second kappa shape index (κ2) is 7.55. The molecule has 138 valence electrons. The average molecular weight is 383 g/mol. The highest BCUT2D eigenvalue weighted by Crippen LogP contribution is 2.20. The molecular formula is C21H19ClN2O3. The minimum Gasteiger partial charge on any atom is -0.422 e. The van der Waals surface area contributed by atoms with Crippen LogP contribution >= 0.6 is 11.6 Å². The van der Waals surface area contributed by atoms with E-state index < -0.39 is 5.63 Å². The second-order valence-electron chi connectivity index (χ2n) is 6.68. The minimum atomic E-state index is -0.610. The van der Waals surface area contributed by atoms with Crippen molar-refractivity contribution >= 4 is 28.5 Å². The predicted octanol–water partition coefficient (Wildman–Crippen LogP) is 3.40. The van der Waals surface area contributed by atoms with Gasteiger partial charge < -0.3 is 9.32 Å². The molecule has 2 heterocycles. The highest BCUT2D eigenvalue weighted by atomic mass is 35.5. The third-order valence-corrected chi connectivity index (χ3v) is 5.07. The van der Waals surface area contributed by atoms with Crippen molar-refractivity contribution in [3.8, 4) is 0 Å². The molecule has 1 aliphatic rings. The van der Waals surface area contributed by atoms with Crippen LogP contribution < -0.4 is 5.63 Å². The van der Waals surface area contributed by atoms with Crippen LogP contribution in [0.2, 0.25) is 5.02 Å². The third kappa shape index (κ3) is 3.89. The zero-order valence-electron chi connectivity index (χ0n) is 14.7. The average Bonchev–Trinajstić information content (AvgIpc) is 2.69. The number of carbonyl (C=O) groups is 1. The van der Waals surface area contributed by atoms with E-state index in [0.717, 1.165) is 19.6 Å². The summed E-state index contributed by atoms with van der Waals surface area (Å²) in [6.45, 7) is 3.56. The number of fused-ring (bicyclic) bond motifs is 1. The molecule has 1 saturated heterocycles. The summed E-state index contributed by atoms with van der Waals surface area (Å²) < 4.78 is 5.29. The van der Waals surface area contributed by atoms with Gasteiger partial charge in [0.05, 0.1) is 0 Å². The molecule has 27 heavy (non-hydrogen) atoms. The van der Waals surface area contributed by atoms with Crippen LogP contribution in [0.3, 0.4) is 0 Å². The number of hydrogen-bond acceptors (Lipinski definition) is 4. The first-order chi connectivity index (χ1) is 13.1. The normalized spacial score (nSPS) is 15.2. The third-order valence-electron chi connectivity index (χ3n) is 4.83. The number of halogens is 1. The van der Waals surface area contributed by atoms with E-state index in [9.17, 15) is 9.59 Å². The van der Waals surface area contributed by atoms with E-state index in [1.165, 1.54) is 5.56 Å². The zero-order chi connectivity index (χ0) is 18.8. The first kappa shape index (κ1) is 17.8. The van der Waals surface area contributed by atoms with Crippen LogP contribution in [-0.2, 0) is 6.54 Å². The number of piperazine rings is 1. The molecule has 0 atom stereocenters. The Hall–Kier alpha value is -2.63. The Kier molecular flexibility index (Phi) is 4.97. The fourth-order valence-electron chi connectivity index (χ4n) is 3.36. The van der Waals surface area contributed by atoms with E-state index in [4.69, 9.17) is 16.0 Å². The van der Waals surface area contributed by atoms with E-state index in [2.05, 4.69) is 17.0 Å². The van der Waals surface area contributed by atoms with Crippen LogP contribution in [0.25, 0.3) is 11.0 Å². The predicted molar refractivity (Wildman–Crippen MR) is 105 cm³/mol. The molecule has 1 fully saturated rings. The molecule has 0 spiro atoms. The van der Waals surface area contributed by atoms with Gasteiger partial charge in [-0.2, -0.15) is 0 Å². The van der Waals surface area contributed by atoms with Gasteiger partial charge in [0.15, 0.2) is 0 Å². The van der Waals surface area contributed by atoms with Gasteiger partial charge in [-0.05, 0) is 29.8 Å². The minimum absolute atomic E-state index is 0.0567. The molecule has 0 aliphatic carbocycles. The van der Waals surface area contributed by atoms with E-state index >= 15 is 0 Å². The van der Waals surface area contributed by atoms with Gasteiger partial charge in [0.2, 0.25) is 0 Å². The first-order valence-electron chi connectivity index (χ1n) is 8.89. The van der Waals surface area contributed by atoms with Crippen molar-refractivity contribution in [2.45, 2.75) is 6.54 Å². The van der Waals surface area contributed by atoms with Crippen LogP contribution in [0.15, 0.2) is 63.8 Å². The number of benzene rings is 2. The zero-order valence-corrected chi connectivity index (χ0v) is 15.5. The molecule has 0 unspecified atom stereocenters. The quantitative estimate of drug-likeness (QED) is 0.651. The smallest absolute Gasteiger partial charge is 0.349 e. The molecule has 5 nitrogen and oxygen atoms in total. The fraction of sp³-hybridized carbons (Fsp3) is 0.238. The van der Waals surface area contributed by atoms with Crippen LogP contribution in [0, 0.1) is 0 Å². The molecule has 0 bridgehead atoms. The number of hydrogen-bond donors (Lipinski definition) is 0. The summed E-state index contributed by atoms with van der Waals surface area (Å²) in [6, 6.07) is 16.8. The summed E-state index contributed by atoms with van der Waals surface area (Å²) >= 11 is 6.00. The molecule has 0 N–H and O–H groups in total. The summed E-state index contributed by atoms with van der Waals surface area (Å²) in [5.74, 6) is -0.287. The largest absolute Gasteiger partial charge is 0.422 e. The molecule has 4 rings (SSSR count). The lowest BCUT2D eigenvalue weighted by Gasteiger charge is -2.34. The molecule has 3 aromatic rings. The van der Waals surface area contributed by atoms with Crippen molar-refractivity contribution in [2.75, 3.05) is 26.2 Å². The van der Waals surface area contributed by atoms with E-state index in [1.807, 2.05) is 18.2 Å². The maximum Gasteiger partial charge on any atom is 0.349 e. The first-order valence-corrected chi connectivity index (χ1v) is 9.27. The Labute approximate surface area is 161 Å². The summed E-state index contributed by atoms with van der Waals surface area (Å²) in [7, 11) is 0. The lowest BCUT2D eigenvalue weighted by Crippen LogP contribution is -2.49. The van der Waals surface area contributed by atoms with Gasteiger partial charge in [0, 0.05) is 43.1 Å². The van der Waals surface area contributed by atoms with Gasteiger partial charge in [-0.15, -0.1) is 0 Å². The van der Waals surface area contributed by atoms with Gasteiger partial charge in [0.1, 0.15) is 11.1 Å². The Balaban J connectivity index is 1.47. The van der Waals surface area contributed by atoms with Crippen molar-refractivity contribution in [3.05, 3.63) is 81.2 Å². The summed E-state index contributed by atoms with van der Waals surface area (Å²) in [5, 5.41) is 1.18. The molecule has 1 aliphatic heterocycles. The highest BCUT2D eigenvalue weighted by Gasteiger charge is 2.25. The lowest BCUT2D eigenvalue weighted by molar-refractivity contribution is 0.0624. The number of nitrogens with zero attached hydrogens (tertiary/aromatic N) is 2. The summed E-state index contributed by atoms with van der Waals surface area (Å²) in [6.07, 6.45) is 0. The van der Waals surface area contributed by atoms with Gasteiger partial charge >= 0.3 is 5.63 Å². The van der Waals surface area contributed by atoms with E-state index in [-0.39, 0.29) is 11.5 Å². The molecule has 2 aromatic carbocycles. The SMILES string of the molecule is O=C(c1cc2cc(Cl)ccc2oc1=O)N1CCN(Cc2ccccc2)CC1. The van der Waals surface area contributed by atoms with Crippen molar-refractivity contribution in [1.29, 1.82) is 0 Å². The monoisotopic (exact) mass is 382 g/mol. The maximum atomic E-state index is 12.8. The molecule has 0 radical (unpaired) electrons. The maximum absolute atomic E-state index is 12.8. The van der Waals surface area contributed by atoms with Gasteiger partial charge in [-0.1, -0.05) is 41.9 Å². The van der Waals surface area contributed by atoms with Crippen LogP contribution in [0.1, 0.15) is 15.9 Å². The lowest BCUT2D eigenvalue weighted by atomic mass is 10.1. The number of carbonyl (C=O) groups excluding carboxylic acids is 1. The Morgan fingerprint density at radius 3 is 2.48 bits per heavy atom. The van der Waals surface area contributed by atoms with Crippen molar-refractivity contribution in [2.24, 2.45) is 0 Å². The summed E-state index contributed by atoms with van der Waals surface area (Å²) in [5.41, 5.74) is 1.13. The van der Waals surface area contributed by atoms with Crippen molar-refractivity contribution in [1.82, 2.24) is 9.80 Å². The van der Waals surface area contributed by atoms with Gasteiger partial charge in [-0.3, -0.25) is 9.69 Å². The molecule has 6 heteroatoms. The van der Waals surface area contributed by atoms with Crippen LogP contribution in [-0.4, -0.2) is 41.9 Å². The Bertz CT molecular complexity index is 1020. The molecule has 1 aromatic heterocycles. The van der Waals surface area contributed by atoms with Gasteiger partial charge in [0.25, 0.3) is 5.91 Å². The highest BCUT2D eigenvalue weighted by molar-refractivity contribution is 6.31. The van der Waals surface area contributed by atoms with Crippen molar-refractivity contribution < 1.29 is 9.21 Å². The van der Waals surface area contributed by atoms with E-state index in [1.54, 1.807) is 29.2 Å². The Morgan fingerprint density at radius 1 is 1.00 bits per heavy atom. The number of rotatable bonds is 3. The van der Waals surface area contributed by atoms with Gasteiger partial charge in [-0.25, -0.2) is 4.79 Å². The molecular weight excluding hydrogens is 364 g/mol. The molecule has 1 amide bonds. The Morgan fingerprint density at radius 2 is 1.74 bits per heavy atom. The fourth-order valence-corrected chi connectivity index (χ4v) is 3.54. The van der Waals surface area contributed by atoms with Crippen LogP contribution in [0.5, 0.6) is 0 Å².